The number of hydrogen-bond acceptors (Lipinski definition) is 2. The molecule has 0 spiro atoms. The number of hydrogen-bond donors (Lipinski definition) is 1. The number of benzene rings is 1. The summed E-state index contributed by atoms with van der Waals surface area (Å²) in [4.78, 5) is 0. The Kier molecular flexibility index (Phi) is 4.81. The second-order valence-corrected chi connectivity index (χ2v) is 3.41. The van der Waals surface area contributed by atoms with Gasteiger partial charge in [0.2, 0.25) is 0 Å². The molecule has 0 saturated heterocycles. The molecule has 0 aromatic heterocycles. The highest BCUT2D eigenvalue weighted by Crippen LogP contribution is 2.23. The maximum Gasteiger partial charge on any atom is 0.165 e. The molecule has 0 aliphatic carbocycles. The van der Waals surface area contributed by atoms with E-state index in [9.17, 15) is 4.39 Å². The van der Waals surface area contributed by atoms with Crippen molar-refractivity contribution in [2.24, 2.45) is 0 Å². The maximum atomic E-state index is 13.5. The Morgan fingerprint density at radius 1 is 1.56 bits per heavy atom. The maximum absolute atomic E-state index is 13.5. The molecular formula is C13H16FNO. The Morgan fingerprint density at radius 2 is 2.31 bits per heavy atom. The Balaban J connectivity index is 2.93. The molecule has 3 heteroatoms. The Hall–Kier alpha value is -1.53. The van der Waals surface area contributed by atoms with Gasteiger partial charge in [0, 0.05) is 12.5 Å². The lowest BCUT2D eigenvalue weighted by Gasteiger charge is -2.16. The first-order chi connectivity index (χ1) is 7.72. The Labute approximate surface area is 95.8 Å². The third-order valence-electron chi connectivity index (χ3n) is 2.35. The van der Waals surface area contributed by atoms with Crippen LogP contribution >= 0.6 is 0 Å². The summed E-state index contributed by atoms with van der Waals surface area (Å²) in [5.41, 5.74) is 0.845. The summed E-state index contributed by atoms with van der Waals surface area (Å²) >= 11 is 0. The minimum Gasteiger partial charge on any atom is -0.494 e. The third-order valence-corrected chi connectivity index (χ3v) is 2.35. The van der Waals surface area contributed by atoms with Crippen LogP contribution < -0.4 is 10.1 Å². The van der Waals surface area contributed by atoms with Crippen LogP contribution in [0.1, 0.15) is 24.9 Å². The highest BCUT2D eigenvalue weighted by Gasteiger charge is 2.11. The van der Waals surface area contributed by atoms with E-state index in [0.29, 0.717) is 6.42 Å². The SMILES string of the molecule is C#CCC(NCC)c1ccc(OC)c(F)c1. The smallest absolute Gasteiger partial charge is 0.165 e. The van der Waals surface area contributed by atoms with Gasteiger partial charge in [0.1, 0.15) is 0 Å². The molecule has 0 aliphatic rings. The molecule has 0 heterocycles. The summed E-state index contributed by atoms with van der Waals surface area (Å²) in [5, 5.41) is 3.21. The first-order valence-electron chi connectivity index (χ1n) is 5.23. The van der Waals surface area contributed by atoms with Crippen molar-refractivity contribution in [1.82, 2.24) is 5.32 Å². The molecule has 1 aromatic rings. The van der Waals surface area contributed by atoms with Crippen molar-refractivity contribution in [3.63, 3.8) is 0 Å². The number of halogens is 1. The molecule has 0 bridgehead atoms. The minimum atomic E-state index is -0.361. The average Bonchev–Trinajstić information content (AvgIpc) is 2.28. The second kappa shape index (κ2) is 6.14. The molecule has 16 heavy (non-hydrogen) atoms. The summed E-state index contributed by atoms with van der Waals surface area (Å²) < 4.78 is 18.4. The molecule has 0 aliphatic heterocycles. The molecule has 0 fully saturated rings. The van der Waals surface area contributed by atoms with Gasteiger partial charge in [0.25, 0.3) is 0 Å². The van der Waals surface area contributed by atoms with Crippen molar-refractivity contribution >= 4 is 0 Å². The molecule has 1 unspecified atom stereocenters. The lowest BCUT2D eigenvalue weighted by Crippen LogP contribution is -2.20. The van der Waals surface area contributed by atoms with Crippen LogP contribution in [0.5, 0.6) is 5.75 Å². The fourth-order valence-corrected chi connectivity index (χ4v) is 1.57. The molecule has 0 radical (unpaired) electrons. The van der Waals surface area contributed by atoms with E-state index in [2.05, 4.69) is 11.2 Å². The summed E-state index contributed by atoms with van der Waals surface area (Å²) in [6.07, 6.45) is 5.82. The van der Waals surface area contributed by atoms with Gasteiger partial charge in [-0.2, -0.15) is 0 Å². The third kappa shape index (κ3) is 2.98. The van der Waals surface area contributed by atoms with Gasteiger partial charge in [-0.05, 0) is 24.2 Å². The summed E-state index contributed by atoms with van der Waals surface area (Å²) in [7, 11) is 1.45. The van der Waals surface area contributed by atoms with E-state index >= 15 is 0 Å². The van der Waals surface area contributed by atoms with Crippen LogP contribution in [-0.2, 0) is 0 Å². The lowest BCUT2D eigenvalue weighted by atomic mass is 10.0. The van der Waals surface area contributed by atoms with Gasteiger partial charge in [-0.1, -0.05) is 13.0 Å². The zero-order valence-corrected chi connectivity index (χ0v) is 9.59. The van der Waals surface area contributed by atoms with Gasteiger partial charge < -0.3 is 10.1 Å². The fourth-order valence-electron chi connectivity index (χ4n) is 1.57. The van der Waals surface area contributed by atoms with Crippen LogP contribution in [0.3, 0.4) is 0 Å². The minimum absolute atomic E-state index is 0.00425. The summed E-state index contributed by atoms with van der Waals surface area (Å²) in [5.74, 6) is 2.47. The Morgan fingerprint density at radius 3 is 2.81 bits per heavy atom. The first-order valence-corrected chi connectivity index (χ1v) is 5.23. The summed E-state index contributed by atoms with van der Waals surface area (Å²) in [6.45, 7) is 2.78. The second-order valence-electron chi connectivity index (χ2n) is 3.41. The van der Waals surface area contributed by atoms with Gasteiger partial charge in [-0.3, -0.25) is 0 Å². The Bertz CT molecular complexity index is 384. The molecule has 1 N–H and O–H groups in total. The predicted octanol–water partition coefficient (Wildman–Crippen LogP) is 2.51. The van der Waals surface area contributed by atoms with Crippen LogP contribution in [0.4, 0.5) is 4.39 Å². The molecule has 0 amide bonds. The van der Waals surface area contributed by atoms with Crippen molar-refractivity contribution < 1.29 is 9.13 Å². The first kappa shape index (κ1) is 12.5. The van der Waals surface area contributed by atoms with Gasteiger partial charge >= 0.3 is 0 Å². The quantitative estimate of drug-likeness (QED) is 0.771. The molecule has 0 saturated carbocycles. The van der Waals surface area contributed by atoms with Crippen molar-refractivity contribution in [3.05, 3.63) is 29.6 Å². The molecule has 2 nitrogen and oxygen atoms in total. The monoisotopic (exact) mass is 221 g/mol. The topological polar surface area (TPSA) is 21.3 Å². The normalized spacial score (nSPS) is 11.9. The van der Waals surface area contributed by atoms with E-state index in [1.54, 1.807) is 6.07 Å². The van der Waals surface area contributed by atoms with E-state index in [1.807, 2.05) is 13.0 Å². The molecule has 1 rings (SSSR count). The highest BCUT2D eigenvalue weighted by atomic mass is 19.1. The van der Waals surface area contributed by atoms with Gasteiger partial charge in [0.15, 0.2) is 11.6 Å². The molecule has 1 atom stereocenters. The van der Waals surface area contributed by atoms with Crippen LogP contribution in [0.15, 0.2) is 18.2 Å². The van der Waals surface area contributed by atoms with Crippen LogP contribution in [0.25, 0.3) is 0 Å². The average molecular weight is 221 g/mol. The largest absolute Gasteiger partial charge is 0.494 e. The van der Waals surface area contributed by atoms with Crippen molar-refractivity contribution in [2.75, 3.05) is 13.7 Å². The van der Waals surface area contributed by atoms with E-state index in [-0.39, 0.29) is 17.6 Å². The van der Waals surface area contributed by atoms with Gasteiger partial charge in [0.05, 0.1) is 7.11 Å². The molecule has 1 aromatic carbocycles. The molecule has 86 valence electrons. The van der Waals surface area contributed by atoms with Gasteiger partial charge in [-0.25, -0.2) is 4.39 Å². The number of nitrogens with one attached hydrogen (secondary N) is 1. The van der Waals surface area contributed by atoms with Crippen molar-refractivity contribution in [1.29, 1.82) is 0 Å². The van der Waals surface area contributed by atoms with Crippen LogP contribution in [-0.4, -0.2) is 13.7 Å². The van der Waals surface area contributed by atoms with E-state index in [4.69, 9.17) is 11.2 Å². The zero-order valence-electron chi connectivity index (χ0n) is 9.59. The van der Waals surface area contributed by atoms with Crippen molar-refractivity contribution in [3.8, 4) is 18.1 Å². The number of ether oxygens (including phenoxy) is 1. The number of terminal acetylenes is 1. The highest BCUT2D eigenvalue weighted by molar-refractivity contribution is 5.31. The zero-order chi connectivity index (χ0) is 12.0. The summed E-state index contributed by atoms with van der Waals surface area (Å²) in [6, 6.07) is 4.90. The fraction of sp³-hybridized carbons (Fsp3) is 0.385. The van der Waals surface area contributed by atoms with Crippen LogP contribution in [0, 0.1) is 18.2 Å². The number of methoxy groups -OCH3 is 1. The lowest BCUT2D eigenvalue weighted by molar-refractivity contribution is 0.385. The van der Waals surface area contributed by atoms with Crippen LogP contribution in [0.2, 0.25) is 0 Å². The predicted molar refractivity (Wildman–Crippen MR) is 62.8 cm³/mol. The van der Waals surface area contributed by atoms with E-state index < -0.39 is 0 Å². The van der Waals surface area contributed by atoms with Gasteiger partial charge in [-0.15, -0.1) is 12.3 Å². The number of rotatable bonds is 5. The van der Waals surface area contributed by atoms with E-state index in [0.717, 1.165) is 12.1 Å². The standard InChI is InChI=1S/C13H16FNO/c1-4-6-12(15-5-2)10-7-8-13(16-3)11(14)9-10/h1,7-9,12,15H,5-6H2,2-3H3. The van der Waals surface area contributed by atoms with E-state index in [1.165, 1.54) is 13.2 Å². The molecular weight excluding hydrogens is 205 g/mol. The van der Waals surface area contributed by atoms with Crippen molar-refractivity contribution in [2.45, 2.75) is 19.4 Å².